The molecule has 0 aliphatic carbocycles. The van der Waals surface area contributed by atoms with Crippen LogP contribution in [0.15, 0.2) is 0 Å². The molecule has 0 bridgehead atoms. The van der Waals surface area contributed by atoms with Gasteiger partial charge in [0, 0.05) is 5.25 Å². The molecule has 0 aliphatic rings. The first-order valence-corrected chi connectivity index (χ1v) is 8.51. The Kier molecular flexibility index (Phi) is 14.7. The van der Waals surface area contributed by atoms with Crippen molar-refractivity contribution < 1.29 is 47.6 Å². The van der Waals surface area contributed by atoms with E-state index in [4.69, 9.17) is 0 Å². The van der Waals surface area contributed by atoms with Crippen molar-refractivity contribution in [1.82, 2.24) is 0 Å². The molecule has 1 N–H and O–H groups in total. The Labute approximate surface area is 140 Å². The van der Waals surface area contributed by atoms with E-state index < -0.39 is 15.4 Å². The normalized spacial score (nSPS) is 14.7. The molecule has 2 unspecified atom stereocenters. The summed E-state index contributed by atoms with van der Waals surface area (Å²) >= 11 is 0. The molecule has 0 spiro atoms. The van der Waals surface area contributed by atoms with Crippen LogP contribution in [-0.4, -0.2) is 29.4 Å². The van der Waals surface area contributed by atoms with Gasteiger partial charge >= 0.3 is 29.6 Å². The molecule has 0 saturated carbocycles. The molecule has 2 atom stereocenters. The van der Waals surface area contributed by atoms with Gasteiger partial charge in [0.2, 0.25) is 0 Å². The Morgan fingerprint density at radius 2 is 1.47 bits per heavy atom. The SMILES string of the molecule is CCCCC(CCCCC(O)CCC)S(=O)(=O)[O-].[Na+]. The molecule has 0 aromatic heterocycles. The Balaban J connectivity index is 0. The van der Waals surface area contributed by atoms with Crippen LogP contribution in [-0.2, 0) is 10.1 Å². The molecule has 110 valence electrons. The largest absolute Gasteiger partial charge is 1.00 e. The second-order valence-electron chi connectivity index (χ2n) is 4.98. The first kappa shape index (κ1) is 22.2. The number of rotatable bonds is 11. The van der Waals surface area contributed by atoms with Crippen molar-refractivity contribution in [3.8, 4) is 0 Å². The molecule has 0 saturated heterocycles. The van der Waals surface area contributed by atoms with Gasteiger partial charge in [-0.1, -0.05) is 46.0 Å². The van der Waals surface area contributed by atoms with Gasteiger partial charge in [0.1, 0.15) is 0 Å². The van der Waals surface area contributed by atoms with Gasteiger partial charge in [0.25, 0.3) is 0 Å². The van der Waals surface area contributed by atoms with Crippen LogP contribution in [0.2, 0.25) is 0 Å². The topological polar surface area (TPSA) is 77.4 Å². The molecule has 0 fully saturated rings. The number of aliphatic hydroxyl groups excluding tert-OH is 1. The Bertz CT molecular complexity index is 293. The molecule has 0 aliphatic heterocycles. The average Bonchev–Trinajstić information content (AvgIpc) is 2.26. The molecule has 0 aromatic carbocycles. The van der Waals surface area contributed by atoms with Crippen molar-refractivity contribution in [2.24, 2.45) is 0 Å². The molecule has 6 heteroatoms. The third kappa shape index (κ3) is 12.3. The molecule has 0 amide bonds. The van der Waals surface area contributed by atoms with Gasteiger partial charge in [-0.2, -0.15) is 0 Å². The summed E-state index contributed by atoms with van der Waals surface area (Å²) in [7, 11) is -4.16. The van der Waals surface area contributed by atoms with E-state index >= 15 is 0 Å². The van der Waals surface area contributed by atoms with E-state index in [1.807, 2.05) is 13.8 Å². The van der Waals surface area contributed by atoms with E-state index in [2.05, 4.69) is 0 Å². The summed E-state index contributed by atoms with van der Waals surface area (Å²) in [6, 6.07) is 0. The minimum atomic E-state index is -4.16. The van der Waals surface area contributed by atoms with Crippen LogP contribution in [0.4, 0.5) is 0 Å². The first-order chi connectivity index (χ1) is 8.41. The maximum atomic E-state index is 11.1. The fraction of sp³-hybridized carbons (Fsp3) is 1.00. The summed E-state index contributed by atoms with van der Waals surface area (Å²) < 4.78 is 33.2. The molecular weight excluding hydrogens is 275 g/mol. The molecule has 0 rings (SSSR count). The van der Waals surface area contributed by atoms with Crippen LogP contribution in [0, 0.1) is 0 Å². The molecule has 19 heavy (non-hydrogen) atoms. The maximum Gasteiger partial charge on any atom is 1.00 e. The van der Waals surface area contributed by atoms with Gasteiger partial charge in [-0.05, 0) is 25.7 Å². The second-order valence-corrected chi connectivity index (χ2v) is 6.64. The van der Waals surface area contributed by atoms with Crippen molar-refractivity contribution in [2.45, 2.75) is 83.0 Å². The zero-order chi connectivity index (χ0) is 14.0. The Morgan fingerprint density at radius 1 is 0.947 bits per heavy atom. The quantitative estimate of drug-likeness (QED) is 0.326. The summed E-state index contributed by atoms with van der Waals surface area (Å²) in [6.45, 7) is 4.00. The second kappa shape index (κ2) is 12.6. The zero-order valence-electron chi connectivity index (χ0n) is 12.6. The number of hydrogen-bond donors (Lipinski definition) is 1. The van der Waals surface area contributed by atoms with E-state index in [0.29, 0.717) is 25.7 Å². The van der Waals surface area contributed by atoms with E-state index in [-0.39, 0.29) is 35.7 Å². The third-order valence-corrected chi connectivity index (χ3v) is 4.51. The van der Waals surface area contributed by atoms with Crippen molar-refractivity contribution in [1.29, 1.82) is 0 Å². The summed E-state index contributed by atoms with van der Waals surface area (Å²) in [5, 5.41) is 8.80. The van der Waals surface area contributed by atoms with Gasteiger partial charge in [-0.25, -0.2) is 8.42 Å². The number of hydrogen-bond acceptors (Lipinski definition) is 4. The van der Waals surface area contributed by atoms with Gasteiger partial charge in [0.15, 0.2) is 0 Å². The number of aliphatic hydroxyl groups is 1. The van der Waals surface area contributed by atoms with Crippen molar-refractivity contribution in [3.05, 3.63) is 0 Å². The summed E-state index contributed by atoms with van der Waals surface area (Å²) in [5.41, 5.74) is 0. The molecule has 0 aromatic rings. The fourth-order valence-electron chi connectivity index (χ4n) is 2.09. The van der Waals surface area contributed by atoms with Gasteiger partial charge in [-0.15, -0.1) is 0 Å². The number of unbranched alkanes of at least 4 members (excludes halogenated alkanes) is 2. The predicted molar refractivity (Wildman–Crippen MR) is 72.4 cm³/mol. The summed E-state index contributed by atoms with van der Waals surface area (Å²) in [6.07, 6.45) is 6.25. The molecule has 4 nitrogen and oxygen atoms in total. The van der Waals surface area contributed by atoms with E-state index in [9.17, 15) is 18.1 Å². The van der Waals surface area contributed by atoms with Crippen LogP contribution in [0.5, 0.6) is 0 Å². The van der Waals surface area contributed by atoms with Crippen LogP contribution < -0.4 is 29.6 Å². The van der Waals surface area contributed by atoms with E-state index in [0.717, 1.165) is 32.1 Å². The van der Waals surface area contributed by atoms with Gasteiger partial charge < -0.3 is 9.66 Å². The Morgan fingerprint density at radius 3 is 1.95 bits per heavy atom. The minimum absolute atomic E-state index is 0. The van der Waals surface area contributed by atoms with E-state index in [1.54, 1.807) is 0 Å². The monoisotopic (exact) mass is 302 g/mol. The predicted octanol–water partition coefficient (Wildman–Crippen LogP) is -0.184. The van der Waals surface area contributed by atoms with Crippen molar-refractivity contribution in [2.75, 3.05) is 0 Å². The molecule has 0 heterocycles. The standard InChI is InChI=1S/C13H28O4S.Na/c1-3-5-10-13(18(15,16)17)11-7-6-9-12(14)8-4-2;/h12-14H,3-11H2,1-2H3,(H,15,16,17);/q;+1/p-1. The fourth-order valence-corrected chi connectivity index (χ4v) is 3.01. The first-order valence-electron chi connectivity index (χ1n) is 7.04. The van der Waals surface area contributed by atoms with Crippen molar-refractivity contribution >= 4 is 10.1 Å². The van der Waals surface area contributed by atoms with Crippen molar-refractivity contribution in [3.63, 3.8) is 0 Å². The van der Waals surface area contributed by atoms with Crippen LogP contribution in [0.1, 0.15) is 71.6 Å². The summed E-state index contributed by atoms with van der Waals surface area (Å²) in [5.74, 6) is 0. The smallest absolute Gasteiger partial charge is 0.748 e. The van der Waals surface area contributed by atoms with Crippen LogP contribution in [0.25, 0.3) is 0 Å². The average molecular weight is 302 g/mol. The van der Waals surface area contributed by atoms with Crippen LogP contribution >= 0.6 is 0 Å². The molecular formula is C13H27NaO4S. The third-order valence-electron chi connectivity index (χ3n) is 3.22. The van der Waals surface area contributed by atoms with Gasteiger partial charge in [-0.3, -0.25) is 0 Å². The Hall–Kier alpha value is 0.870. The molecule has 0 radical (unpaired) electrons. The minimum Gasteiger partial charge on any atom is -0.748 e. The van der Waals surface area contributed by atoms with Crippen LogP contribution in [0.3, 0.4) is 0 Å². The summed E-state index contributed by atoms with van der Waals surface area (Å²) in [4.78, 5) is 0. The maximum absolute atomic E-state index is 11.1. The van der Waals surface area contributed by atoms with E-state index in [1.165, 1.54) is 0 Å². The zero-order valence-corrected chi connectivity index (χ0v) is 15.4. The van der Waals surface area contributed by atoms with Gasteiger partial charge in [0.05, 0.1) is 16.2 Å².